The highest BCUT2D eigenvalue weighted by Crippen LogP contribution is 2.43. The number of nitrogens with zero attached hydrogens (tertiary/aromatic N) is 2. The van der Waals surface area contributed by atoms with Gasteiger partial charge in [-0.1, -0.05) is 23.9 Å². The van der Waals surface area contributed by atoms with Crippen molar-refractivity contribution in [3.63, 3.8) is 0 Å². The Balaban J connectivity index is 2.03. The summed E-state index contributed by atoms with van der Waals surface area (Å²) in [5, 5.41) is 0.408. The number of methoxy groups -OCH3 is 1. The number of aliphatic imine (C=N–C) groups is 1. The van der Waals surface area contributed by atoms with Crippen molar-refractivity contribution in [2.75, 3.05) is 26.6 Å². The number of amidine groups is 1. The van der Waals surface area contributed by atoms with E-state index >= 15 is 0 Å². The first-order valence-corrected chi connectivity index (χ1v) is 10.7. The van der Waals surface area contributed by atoms with Crippen molar-refractivity contribution in [3.05, 3.63) is 41.1 Å². The molecule has 8 heteroatoms. The zero-order valence-electron chi connectivity index (χ0n) is 15.7. The first kappa shape index (κ1) is 20.0. The fourth-order valence-electron chi connectivity index (χ4n) is 3.06. The molecule has 0 unspecified atom stereocenters. The Morgan fingerprint density at radius 2 is 2.00 bits per heavy atom. The molecule has 3 rings (SSSR count). The highest BCUT2D eigenvalue weighted by atomic mass is 32.2. The lowest BCUT2D eigenvalue weighted by Crippen LogP contribution is -2.40. The fraction of sp³-hybridized carbons (Fsp3) is 0.421. The van der Waals surface area contributed by atoms with Gasteiger partial charge in [0.1, 0.15) is 6.61 Å². The third-order valence-electron chi connectivity index (χ3n) is 4.43. The molecule has 2 aliphatic rings. The van der Waals surface area contributed by atoms with Crippen LogP contribution in [-0.2, 0) is 19.1 Å². The van der Waals surface area contributed by atoms with Crippen LogP contribution in [0.25, 0.3) is 0 Å². The summed E-state index contributed by atoms with van der Waals surface area (Å²) in [4.78, 5) is 32.9. The lowest BCUT2D eigenvalue weighted by atomic mass is 9.94. The lowest BCUT2D eigenvalue weighted by Gasteiger charge is -2.33. The highest BCUT2D eigenvalue weighted by molar-refractivity contribution is 8.15. The van der Waals surface area contributed by atoms with Crippen LogP contribution < -0.4 is 0 Å². The van der Waals surface area contributed by atoms with Crippen LogP contribution in [0.4, 0.5) is 0 Å². The zero-order chi connectivity index (χ0) is 19.6. The normalized spacial score (nSPS) is 22.0. The molecule has 0 aromatic heterocycles. The Morgan fingerprint density at radius 1 is 1.30 bits per heavy atom. The maximum atomic E-state index is 12.8. The number of ether oxygens (including phenoxy) is 2. The molecule has 0 saturated carbocycles. The van der Waals surface area contributed by atoms with E-state index in [0.717, 1.165) is 10.5 Å². The van der Waals surface area contributed by atoms with Gasteiger partial charge in [0, 0.05) is 12.0 Å². The van der Waals surface area contributed by atoms with Crippen LogP contribution in [0, 0.1) is 0 Å². The summed E-state index contributed by atoms with van der Waals surface area (Å²) in [6, 6.07) is 7.36. The standard InChI is InChI=1S/C19H22N2O4S2/c1-11-15(18(23)25-10-9-24-3)16(13-5-7-14(26-4)8-6-13)21-17(22)12(2)27-19(21)20-11/h5-8,12,16H,9-10H2,1-4H3/t12-,16+/m1/s1. The number of allylic oxidation sites excluding steroid dienone is 1. The second-order valence-electron chi connectivity index (χ2n) is 6.17. The first-order valence-electron chi connectivity index (χ1n) is 8.57. The Bertz CT molecular complexity index is 804. The molecule has 1 fully saturated rings. The van der Waals surface area contributed by atoms with E-state index < -0.39 is 12.0 Å². The van der Waals surface area contributed by atoms with Gasteiger partial charge in [-0.2, -0.15) is 0 Å². The predicted molar refractivity (Wildman–Crippen MR) is 108 cm³/mol. The van der Waals surface area contributed by atoms with Crippen molar-refractivity contribution in [1.29, 1.82) is 0 Å². The number of fused-ring (bicyclic) bond motifs is 1. The number of carbonyl (C=O) groups is 2. The van der Waals surface area contributed by atoms with Gasteiger partial charge in [-0.25, -0.2) is 9.79 Å². The molecular formula is C19H22N2O4S2. The van der Waals surface area contributed by atoms with Gasteiger partial charge in [0.15, 0.2) is 5.17 Å². The molecule has 144 valence electrons. The van der Waals surface area contributed by atoms with Gasteiger partial charge in [0.2, 0.25) is 5.91 Å². The first-order chi connectivity index (χ1) is 13.0. The number of rotatable bonds is 6. The predicted octanol–water partition coefficient (Wildman–Crippen LogP) is 3.25. The molecule has 1 amide bonds. The zero-order valence-corrected chi connectivity index (χ0v) is 17.4. The number of hydrogen-bond donors (Lipinski definition) is 0. The van der Waals surface area contributed by atoms with Gasteiger partial charge in [0.05, 0.1) is 29.2 Å². The molecule has 1 aromatic carbocycles. The van der Waals surface area contributed by atoms with Crippen LogP contribution in [0.2, 0.25) is 0 Å². The van der Waals surface area contributed by atoms with Crippen molar-refractivity contribution in [2.24, 2.45) is 4.99 Å². The number of hydrogen-bond acceptors (Lipinski definition) is 7. The summed E-state index contributed by atoms with van der Waals surface area (Å²) in [5.74, 6) is -0.518. The van der Waals surface area contributed by atoms with E-state index in [1.165, 1.54) is 11.8 Å². The number of thioether (sulfide) groups is 2. The molecular weight excluding hydrogens is 384 g/mol. The molecule has 0 radical (unpaired) electrons. The molecule has 0 aliphatic carbocycles. The average Bonchev–Trinajstić information content (AvgIpc) is 2.94. The van der Waals surface area contributed by atoms with Crippen molar-refractivity contribution in [1.82, 2.24) is 4.90 Å². The molecule has 6 nitrogen and oxygen atoms in total. The highest BCUT2D eigenvalue weighted by Gasteiger charge is 2.46. The average molecular weight is 407 g/mol. The minimum atomic E-state index is -0.534. The summed E-state index contributed by atoms with van der Waals surface area (Å²) in [6.07, 6.45) is 2.01. The van der Waals surface area contributed by atoms with Gasteiger partial charge < -0.3 is 9.47 Å². The van der Waals surface area contributed by atoms with Crippen LogP contribution in [0.3, 0.4) is 0 Å². The van der Waals surface area contributed by atoms with E-state index in [1.807, 2.05) is 37.4 Å². The summed E-state index contributed by atoms with van der Waals surface area (Å²) < 4.78 is 10.3. The van der Waals surface area contributed by atoms with Gasteiger partial charge in [-0.05, 0) is 37.8 Å². The summed E-state index contributed by atoms with van der Waals surface area (Å²) in [6.45, 7) is 4.11. The van der Waals surface area contributed by atoms with Crippen LogP contribution in [-0.4, -0.2) is 53.8 Å². The van der Waals surface area contributed by atoms with E-state index in [0.29, 0.717) is 23.0 Å². The molecule has 0 bridgehead atoms. The summed E-state index contributed by atoms with van der Waals surface area (Å²) in [7, 11) is 1.55. The van der Waals surface area contributed by atoms with Crippen molar-refractivity contribution >= 4 is 40.6 Å². The van der Waals surface area contributed by atoms with Crippen molar-refractivity contribution < 1.29 is 19.1 Å². The van der Waals surface area contributed by atoms with E-state index in [4.69, 9.17) is 9.47 Å². The van der Waals surface area contributed by atoms with Crippen LogP contribution >= 0.6 is 23.5 Å². The third-order valence-corrected chi connectivity index (χ3v) is 6.23. The van der Waals surface area contributed by atoms with Gasteiger partial charge in [-0.15, -0.1) is 11.8 Å². The number of carbonyl (C=O) groups excluding carboxylic acids is 2. The largest absolute Gasteiger partial charge is 0.460 e. The molecule has 1 aromatic rings. The second kappa shape index (κ2) is 8.50. The molecule has 2 aliphatic heterocycles. The molecule has 1 saturated heterocycles. The van der Waals surface area contributed by atoms with Crippen LogP contribution in [0.5, 0.6) is 0 Å². The topological polar surface area (TPSA) is 68.2 Å². The van der Waals surface area contributed by atoms with Gasteiger partial charge in [0.25, 0.3) is 0 Å². The van der Waals surface area contributed by atoms with Crippen molar-refractivity contribution in [3.8, 4) is 0 Å². The van der Waals surface area contributed by atoms with E-state index in [1.54, 1.807) is 30.7 Å². The van der Waals surface area contributed by atoms with E-state index in [-0.39, 0.29) is 17.8 Å². The molecule has 0 spiro atoms. The summed E-state index contributed by atoms with van der Waals surface area (Å²) >= 11 is 3.06. The van der Waals surface area contributed by atoms with Crippen LogP contribution in [0.1, 0.15) is 25.5 Å². The smallest absolute Gasteiger partial charge is 0.338 e. The van der Waals surface area contributed by atoms with Gasteiger partial charge in [-0.3, -0.25) is 9.69 Å². The Morgan fingerprint density at radius 3 is 2.63 bits per heavy atom. The van der Waals surface area contributed by atoms with Crippen LogP contribution in [0.15, 0.2) is 45.4 Å². The lowest BCUT2D eigenvalue weighted by molar-refractivity contribution is -0.141. The number of esters is 1. The Hall–Kier alpha value is -1.77. The number of benzene rings is 1. The molecule has 2 atom stereocenters. The quantitative estimate of drug-likeness (QED) is 0.410. The van der Waals surface area contributed by atoms with E-state index in [2.05, 4.69) is 4.99 Å². The van der Waals surface area contributed by atoms with E-state index in [9.17, 15) is 9.59 Å². The SMILES string of the molecule is COCCOC(=O)C1=C(C)N=C2S[C@H](C)C(=O)N2[C@H]1c1ccc(SC)cc1. The molecule has 0 N–H and O–H groups in total. The van der Waals surface area contributed by atoms with Crippen molar-refractivity contribution in [2.45, 2.75) is 30.0 Å². The minimum Gasteiger partial charge on any atom is -0.460 e. The number of amides is 1. The maximum Gasteiger partial charge on any atom is 0.338 e. The minimum absolute atomic E-state index is 0.0487. The molecule has 2 heterocycles. The summed E-state index contributed by atoms with van der Waals surface area (Å²) in [5.41, 5.74) is 1.84. The maximum absolute atomic E-state index is 12.8. The Labute approximate surface area is 167 Å². The third kappa shape index (κ3) is 3.93. The Kier molecular flexibility index (Phi) is 6.29. The fourth-order valence-corrected chi connectivity index (χ4v) is 4.50. The van der Waals surface area contributed by atoms with Gasteiger partial charge >= 0.3 is 5.97 Å². The molecule has 27 heavy (non-hydrogen) atoms. The second-order valence-corrected chi connectivity index (χ2v) is 8.35. The monoisotopic (exact) mass is 406 g/mol.